The van der Waals surface area contributed by atoms with Crippen molar-refractivity contribution in [3.63, 3.8) is 0 Å². The molecule has 5 aromatic rings. The number of imidazole rings is 1. The van der Waals surface area contributed by atoms with E-state index in [0.29, 0.717) is 65.2 Å². The third-order valence-corrected chi connectivity index (χ3v) is 13.7. The summed E-state index contributed by atoms with van der Waals surface area (Å²) in [5.74, 6) is 4.33. The second kappa shape index (κ2) is 10.4. The zero-order valence-electron chi connectivity index (χ0n) is 26.9. The molecule has 0 N–H and O–H groups in total. The third-order valence-electron chi connectivity index (χ3n) is 11.8. The van der Waals surface area contributed by atoms with Gasteiger partial charge in [-0.2, -0.15) is 4.31 Å². The minimum atomic E-state index is -3.56. The van der Waals surface area contributed by atoms with Crippen LogP contribution in [0.4, 0.5) is 0 Å². The molecular weight excluding hydrogens is 625 g/mol. The smallest absolute Gasteiger partial charge is 0.254 e. The van der Waals surface area contributed by atoms with Gasteiger partial charge in [0.15, 0.2) is 5.82 Å². The first-order chi connectivity index (χ1) is 23.4. The van der Waals surface area contributed by atoms with Crippen LogP contribution >= 0.6 is 0 Å². The molecule has 5 aliphatic rings. The number of hydrogen-bond donors (Lipinski definition) is 0. The zero-order valence-corrected chi connectivity index (χ0v) is 27.7. The molecule has 2 aliphatic heterocycles. The van der Waals surface area contributed by atoms with Crippen LogP contribution < -0.4 is 4.74 Å². The topological polar surface area (TPSA) is 103 Å². The Hall–Kier alpha value is -4.22. The average Bonchev–Trinajstić information content (AvgIpc) is 3.72. The number of nitrogens with zero attached hydrogens (tertiary/aromatic N) is 6. The van der Waals surface area contributed by atoms with Gasteiger partial charge in [0.1, 0.15) is 16.9 Å². The van der Waals surface area contributed by atoms with Crippen molar-refractivity contribution in [2.24, 2.45) is 29.6 Å². The van der Waals surface area contributed by atoms with Gasteiger partial charge in [-0.25, -0.2) is 18.4 Å². The van der Waals surface area contributed by atoms with Crippen LogP contribution in [0.1, 0.15) is 36.0 Å². The summed E-state index contributed by atoms with van der Waals surface area (Å²) in [6, 6.07) is 19.1. The third kappa shape index (κ3) is 4.26. The number of aromatic nitrogens is 4. The van der Waals surface area contributed by atoms with Crippen LogP contribution in [0.25, 0.3) is 33.6 Å². The normalized spacial score (nSPS) is 25.1. The Kier molecular flexibility index (Phi) is 6.23. The molecule has 5 heterocycles. The summed E-state index contributed by atoms with van der Waals surface area (Å²) in [5, 5.41) is 1.06. The van der Waals surface area contributed by atoms with Gasteiger partial charge in [0.05, 0.1) is 23.2 Å². The summed E-state index contributed by atoms with van der Waals surface area (Å²) in [6.45, 7) is 3.12. The van der Waals surface area contributed by atoms with Crippen LogP contribution in [0.3, 0.4) is 0 Å². The molecule has 2 aromatic carbocycles. The van der Waals surface area contributed by atoms with Crippen LogP contribution in [0.15, 0.2) is 71.8 Å². The zero-order chi connectivity index (χ0) is 32.3. The quantitative estimate of drug-likeness (QED) is 0.213. The number of pyridine rings is 1. The average molecular weight is 663 g/mol. The highest BCUT2D eigenvalue weighted by molar-refractivity contribution is 7.89. The number of carbonyl (C=O) groups is 1. The van der Waals surface area contributed by atoms with E-state index >= 15 is 0 Å². The molecule has 11 heteroatoms. The largest absolute Gasteiger partial charge is 0.494 e. The predicted molar refractivity (Wildman–Crippen MR) is 181 cm³/mol. The SMILES string of the molecule is COc1cc(C(=O)N2CC3CC4CC2[C@H]43)cc2nc(-c3cc4cccnc4n3CC3CC3)n(CC3CN(S(=O)(=O)c4ccccc4)C3)c12. The summed E-state index contributed by atoms with van der Waals surface area (Å²) in [6.07, 6.45) is 6.63. The molecule has 10 nitrogen and oxygen atoms in total. The lowest BCUT2D eigenvalue weighted by atomic mass is 9.53. The van der Waals surface area contributed by atoms with E-state index in [2.05, 4.69) is 26.2 Å². The molecule has 0 radical (unpaired) electrons. The Bertz CT molecular complexity index is 2220. The Balaban J connectivity index is 1.06. The summed E-state index contributed by atoms with van der Waals surface area (Å²) in [4.78, 5) is 26.5. The monoisotopic (exact) mass is 662 g/mol. The summed E-state index contributed by atoms with van der Waals surface area (Å²) < 4.78 is 38.8. The number of amides is 1. The van der Waals surface area contributed by atoms with Gasteiger partial charge in [-0.3, -0.25) is 4.79 Å². The van der Waals surface area contributed by atoms with E-state index < -0.39 is 10.0 Å². The van der Waals surface area contributed by atoms with Crippen LogP contribution in [-0.4, -0.2) is 75.4 Å². The maximum absolute atomic E-state index is 14.0. The predicted octanol–water partition coefficient (Wildman–Crippen LogP) is 5.27. The number of methoxy groups -OCH3 is 1. The van der Waals surface area contributed by atoms with Gasteiger partial charge in [0.2, 0.25) is 10.0 Å². The van der Waals surface area contributed by atoms with Crippen molar-refractivity contribution < 1.29 is 17.9 Å². The van der Waals surface area contributed by atoms with Crippen molar-refractivity contribution in [1.29, 1.82) is 0 Å². The number of fused-ring (bicyclic) bond motifs is 2. The first kappa shape index (κ1) is 28.8. The molecule has 2 saturated heterocycles. The van der Waals surface area contributed by atoms with Crippen LogP contribution in [-0.2, 0) is 23.1 Å². The van der Waals surface area contributed by atoms with Crippen molar-refractivity contribution in [2.45, 2.75) is 49.7 Å². The van der Waals surface area contributed by atoms with E-state index in [1.807, 2.05) is 30.5 Å². The fourth-order valence-electron chi connectivity index (χ4n) is 9.10. The number of hydrogen-bond acceptors (Lipinski definition) is 6. The molecule has 48 heavy (non-hydrogen) atoms. The molecule has 246 valence electrons. The Morgan fingerprint density at radius 2 is 1.73 bits per heavy atom. The summed E-state index contributed by atoms with van der Waals surface area (Å²) >= 11 is 0. The van der Waals surface area contributed by atoms with Crippen LogP contribution in [0.2, 0.25) is 0 Å². The molecule has 1 amide bonds. The molecule has 3 aliphatic carbocycles. The van der Waals surface area contributed by atoms with Gasteiger partial charge in [-0.15, -0.1) is 0 Å². The Labute approximate surface area is 279 Å². The number of ether oxygens (including phenoxy) is 1. The second-order valence-electron chi connectivity index (χ2n) is 14.7. The highest BCUT2D eigenvalue weighted by Gasteiger charge is 2.61. The lowest BCUT2D eigenvalue weighted by Gasteiger charge is -2.52. The number of benzene rings is 2. The second-order valence-corrected chi connectivity index (χ2v) is 16.6. The molecule has 3 saturated carbocycles. The van der Waals surface area contributed by atoms with Gasteiger partial charge in [0.25, 0.3) is 5.91 Å². The molecule has 0 bridgehead atoms. The standard InChI is InChI=1S/C37H38N6O4S/c1-47-32-16-26(37(44)42-21-27-12-25-15-30(42)33(25)27)13-29-34(32)43(20-23-17-40(18-23)48(45,46)28-7-3-2-4-8-28)36(39-29)31-14-24-6-5-11-38-35(24)41(31)19-22-9-10-22/h2-8,11,13-14,16,22-23,25,27,30,33H,9-10,12,15,17-21H2,1H3/t25?,27?,30?,33-/m1/s1. The molecule has 4 atom stereocenters. The van der Waals surface area contributed by atoms with Gasteiger partial charge in [-0.1, -0.05) is 18.2 Å². The van der Waals surface area contributed by atoms with E-state index in [1.165, 1.54) is 19.3 Å². The fraction of sp³-hybridized carbons (Fsp3) is 0.432. The fourth-order valence-corrected chi connectivity index (χ4v) is 10.7. The van der Waals surface area contributed by atoms with Crippen molar-refractivity contribution in [2.75, 3.05) is 26.7 Å². The maximum atomic E-state index is 14.0. The number of carbonyl (C=O) groups excluding carboxylic acids is 1. The van der Waals surface area contributed by atoms with Crippen LogP contribution in [0, 0.1) is 29.6 Å². The summed E-state index contributed by atoms with van der Waals surface area (Å²) in [7, 11) is -1.91. The van der Waals surface area contributed by atoms with E-state index in [1.54, 1.807) is 35.7 Å². The lowest BCUT2D eigenvalue weighted by molar-refractivity contribution is -0.0204. The maximum Gasteiger partial charge on any atom is 0.254 e. The van der Waals surface area contributed by atoms with Gasteiger partial charge in [-0.05, 0) is 91.8 Å². The van der Waals surface area contributed by atoms with E-state index in [-0.39, 0.29) is 11.8 Å². The molecule has 0 spiro atoms. The van der Waals surface area contributed by atoms with Crippen molar-refractivity contribution in [1.82, 2.24) is 28.3 Å². The molecule has 10 rings (SSSR count). The van der Waals surface area contributed by atoms with Crippen molar-refractivity contribution >= 4 is 38.0 Å². The van der Waals surface area contributed by atoms with Gasteiger partial charge < -0.3 is 18.8 Å². The van der Waals surface area contributed by atoms with E-state index in [4.69, 9.17) is 14.7 Å². The minimum absolute atomic E-state index is 0.0666. The molecular formula is C37H38N6O4S. The molecule has 3 aromatic heterocycles. The highest BCUT2D eigenvalue weighted by Crippen LogP contribution is 2.60. The number of likely N-dealkylation sites (tertiary alicyclic amines) is 1. The van der Waals surface area contributed by atoms with Gasteiger partial charge >= 0.3 is 0 Å². The van der Waals surface area contributed by atoms with Crippen molar-refractivity contribution in [3.05, 3.63) is 72.4 Å². The number of rotatable bonds is 9. The summed E-state index contributed by atoms with van der Waals surface area (Å²) in [5.41, 5.74) is 4.07. The molecule has 5 fully saturated rings. The van der Waals surface area contributed by atoms with Gasteiger partial charge in [0, 0.05) is 61.8 Å². The minimum Gasteiger partial charge on any atom is -0.494 e. The highest BCUT2D eigenvalue weighted by atomic mass is 32.2. The first-order valence-corrected chi connectivity index (χ1v) is 18.7. The Morgan fingerprint density at radius 1 is 0.917 bits per heavy atom. The van der Waals surface area contributed by atoms with E-state index in [0.717, 1.165) is 53.5 Å². The Morgan fingerprint density at radius 3 is 2.48 bits per heavy atom. The lowest BCUT2D eigenvalue weighted by Crippen LogP contribution is -2.53. The number of sulfonamides is 1. The molecule has 3 unspecified atom stereocenters. The first-order valence-electron chi connectivity index (χ1n) is 17.3. The van der Waals surface area contributed by atoms with E-state index in [9.17, 15) is 13.2 Å². The van der Waals surface area contributed by atoms with Crippen molar-refractivity contribution in [3.8, 4) is 17.3 Å². The van der Waals surface area contributed by atoms with Crippen LogP contribution in [0.5, 0.6) is 5.75 Å².